The van der Waals surface area contributed by atoms with Gasteiger partial charge in [-0.05, 0) is 49.2 Å². The molecule has 0 atom stereocenters. The predicted octanol–water partition coefficient (Wildman–Crippen LogP) is 3.30. The standard InChI is InChI=1S/C17H17N3O3S/c1-12-5-3-4-6-15(12)11-24(21,22)20-16-9-7-14(8-10-16)17-18-13(2)19-23-17/h3-10,20H,11H2,1-2H3. The van der Waals surface area contributed by atoms with Gasteiger partial charge in [0.2, 0.25) is 10.0 Å². The minimum Gasteiger partial charge on any atom is -0.334 e. The molecule has 0 unspecified atom stereocenters. The topological polar surface area (TPSA) is 85.1 Å². The number of hydrogen-bond acceptors (Lipinski definition) is 5. The SMILES string of the molecule is Cc1noc(-c2ccc(NS(=O)(=O)Cc3ccccc3C)cc2)n1. The van der Waals surface area contributed by atoms with Crippen LogP contribution in [0.25, 0.3) is 11.5 Å². The van der Waals surface area contributed by atoms with Crippen LogP contribution in [0.15, 0.2) is 53.1 Å². The van der Waals surface area contributed by atoms with Crippen molar-refractivity contribution in [3.05, 3.63) is 65.5 Å². The van der Waals surface area contributed by atoms with Crippen LogP contribution >= 0.6 is 0 Å². The summed E-state index contributed by atoms with van der Waals surface area (Å²) in [6, 6.07) is 14.2. The molecular weight excluding hydrogens is 326 g/mol. The smallest absolute Gasteiger partial charge is 0.257 e. The zero-order valence-corrected chi connectivity index (χ0v) is 14.2. The van der Waals surface area contributed by atoms with Crippen LogP contribution in [-0.4, -0.2) is 18.6 Å². The Morgan fingerprint density at radius 1 is 1.04 bits per heavy atom. The second kappa shape index (κ2) is 6.45. The van der Waals surface area contributed by atoms with Crippen molar-refractivity contribution in [1.29, 1.82) is 0 Å². The number of anilines is 1. The highest BCUT2D eigenvalue weighted by atomic mass is 32.2. The number of aryl methyl sites for hydroxylation is 2. The van der Waals surface area contributed by atoms with Gasteiger partial charge in [0.1, 0.15) is 0 Å². The molecule has 0 bridgehead atoms. The summed E-state index contributed by atoms with van der Waals surface area (Å²) in [6.07, 6.45) is 0. The molecule has 1 aromatic heterocycles. The fraction of sp³-hybridized carbons (Fsp3) is 0.176. The molecule has 1 N–H and O–H groups in total. The van der Waals surface area contributed by atoms with Gasteiger partial charge in [-0.1, -0.05) is 29.4 Å². The lowest BCUT2D eigenvalue weighted by Crippen LogP contribution is -2.15. The van der Waals surface area contributed by atoms with Crippen LogP contribution in [0.2, 0.25) is 0 Å². The number of benzene rings is 2. The summed E-state index contributed by atoms with van der Waals surface area (Å²) in [4.78, 5) is 4.13. The Morgan fingerprint density at radius 3 is 2.38 bits per heavy atom. The van der Waals surface area contributed by atoms with E-state index < -0.39 is 10.0 Å². The van der Waals surface area contributed by atoms with Gasteiger partial charge in [0.15, 0.2) is 5.82 Å². The van der Waals surface area contributed by atoms with E-state index in [0.717, 1.165) is 16.7 Å². The predicted molar refractivity (Wildman–Crippen MR) is 91.9 cm³/mol. The summed E-state index contributed by atoms with van der Waals surface area (Å²) >= 11 is 0. The zero-order valence-electron chi connectivity index (χ0n) is 13.4. The highest BCUT2D eigenvalue weighted by Crippen LogP contribution is 2.21. The Kier molecular flexibility index (Phi) is 4.35. The van der Waals surface area contributed by atoms with E-state index in [9.17, 15) is 8.42 Å². The van der Waals surface area contributed by atoms with Gasteiger partial charge in [-0.25, -0.2) is 8.42 Å². The highest BCUT2D eigenvalue weighted by Gasteiger charge is 2.14. The first kappa shape index (κ1) is 16.2. The van der Waals surface area contributed by atoms with Gasteiger partial charge in [-0.15, -0.1) is 0 Å². The van der Waals surface area contributed by atoms with E-state index in [2.05, 4.69) is 14.9 Å². The monoisotopic (exact) mass is 343 g/mol. The summed E-state index contributed by atoms with van der Waals surface area (Å²) in [5, 5.41) is 3.73. The van der Waals surface area contributed by atoms with Crippen molar-refractivity contribution in [2.75, 3.05) is 4.72 Å². The van der Waals surface area contributed by atoms with Gasteiger partial charge in [0, 0.05) is 11.3 Å². The van der Waals surface area contributed by atoms with Crippen LogP contribution < -0.4 is 4.72 Å². The minimum absolute atomic E-state index is 0.0652. The molecule has 0 saturated heterocycles. The lowest BCUT2D eigenvalue weighted by molar-refractivity contribution is 0.425. The van der Waals surface area contributed by atoms with Crippen LogP contribution in [0, 0.1) is 13.8 Å². The largest absolute Gasteiger partial charge is 0.334 e. The molecule has 2 aromatic carbocycles. The minimum atomic E-state index is -3.48. The molecular formula is C17H17N3O3S. The van der Waals surface area contributed by atoms with Crippen molar-refractivity contribution in [1.82, 2.24) is 10.1 Å². The van der Waals surface area contributed by atoms with E-state index >= 15 is 0 Å². The third-order valence-electron chi connectivity index (χ3n) is 3.54. The average Bonchev–Trinajstić information content (AvgIpc) is 2.96. The summed E-state index contributed by atoms with van der Waals surface area (Å²) in [7, 11) is -3.48. The number of rotatable bonds is 5. The fourth-order valence-electron chi connectivity index (χ4n) is 2.29. The molecule has 124 valence electrons. The number of sulfonamides is 1. The molecule has 0 saturated carbocycles. The lowest BCUT2D eigenvalue weighted by Gasteiger charge is -2.10. The highest BCUT2D eigenvalue weighted by molar-refractivity contribution is 7.91. The van der Waals surface area contributed by atoms with Gasteiger partial charge in [-0.2, -0.15) is 4.98 Å². The maximum atomic E-state index is 12.3. The van der Waals surface area contributed by atoms with Crippen LogP contribution in [0.3, 0.4) is 0 Å². The quantitative estimate of drug-likeness (QED) is 0.768. The van der Waals surface area contributed by atoms with Crippen LogP contribution in [-0.2, 0) is 15.8 Å². The first-order chi connectivity index (χ1) is 11.4. The van der Waals surface area contributed by atoms with E-state index in [-0.39, 0.29) is 5.75 Å². The summed E-state index contributed by atoms with van der Waals surface area (Å²) in [6.45, 7) is 3.63. The van der Waals surface area contributed by atoms with Crippen molar-refractivity contribution >= 4 is 15.7 Å². The number of nitrogens with zero attached hydrogens (tertiary/aromatic N) is 2. The Morgan fingerprint density at radius 2 is 1.75 bits per heavy atom. The van der Waals surface area contributed by atoms with E-state index in [4.69, 9.17) is 4.52 Å². The molecule has 0 aliphatic heterocycles. The molecule has 0 spiro atoms. The van der Waals surface area contributed by atoms with Crippen molar-refractivity contribution in [3.8, 4) is 11.5 Å². The van der Waals surface area contributed by atoms with Gasteiger partial charge in [0.05, 0.1) is 5.75 Å². The molecule has 0 aliphatic rings. The van der Waals surface area contributed by atoms with Gasteiger partial charge < -0.3 is 4.52 Å². The second-order valence-corrected chi connectivity index (χ2v) is 7.23. The van der Waals surface area contributed by atoms with Crippen molar-refractivity contribution < 1.29 is 12.9 Å². The Hall–Kier alpha value is -2.67. The zero-order chi connectivity index (χ0) is 17.2. The van der Waals surface area contributed by atoms with E-state index in [1.807, 2.05) is 31.2 Å². The van der Waals surface area contributed by atoms with Crippen LogP contribution in [0.1, 0.15) is 17.0 Å². The Labute approximate surface area is 140 Å². The van der Waals surface area contributed by atoms with E-state index in [1.54, 1.807) is 31.2 Å². The molecule has 0 radical (unpaired) electrons. The van der Waals surface area contributed by atoms with E-state index in [1.165, 1.54) is 0 Å². The van der Waals surface area contributed by atoms with E-state index in [0.29, 0.717) is 17.4 Å². The summed E-state index contributed by atoms with van der Waals surface area (Å²) in [5.74, 6) is 0.888. The summed E-state index contributed by atoms with van der Waals surface area (Å²) < 4.78 is 32.3. The van der Waals surface area contributed by atoms with Crippen LogP contribution in [0.5, 0.6) is 0 Å². The van der Waals surface area contributed by atoms with Crippen molar-refractivity contribution in [2.45, 2.75) is 19.6 Å². The maximum absolute atomic E-state index is 12.3. The first-order valence-corrected chi connectivity index (χ1v) is 9.04. The second-order valence-electron chi connectivity index (χ2n) is 5.51. The molecule has 24 heavy (non-hydrogen) atoms. The van der Waals surface area contributed by atoms with Crippen molar-refractivity contribution in [3.63, 3.8) is 0 Å². The molecule has 6 nitrogen and oxygen atoms in total. The number of hydrogen-bond donors (Lipinski definition) is 1. The molecule has 1 heterocycles. The molecule has 3 rings (SSSR count). The molecule has 3 aromatic rings. The average molecular weight is 343 g/mol. The third-order valence-corrected chi connectivity index (χ3v) is 4.78. The third kappa shape index (κ3) is 3.80. The van der Waals surface area contributed by atoms with Gasteiger partial charge >= 0.3 is 0 Å². The van der Waals surface area contributed by atoms with Gasteiger partial charge in [0.25, 0.3) is 5.89 Å². The Bertz CT molecular complexity index is 947. The fourth-order valence-corrected chi connectivity index (χ4v) is 3.59. The first-order valence-electron chi connectivity index (χ1n) is 7.39. The normalized spacial score (nSPS) is 11.4. The van der Waals surface area contributed by atoms with Gasteiger partial charge in [-0.3, -0.25) is 4.72 Å². The lowest BCUT2D eigenvalue weighted by atomic mass is 10.1. The maximum Gasteiger partial charge on any atom is 0.257 e. The molecule has 0 fully saturated rings. The van der Waals surface area contributed by atoms with Crippen molar-refractivity contribution in [2.24, 2.45) is 0 Å². The molecule has 7 heteroatoms. The summed E-state index contributed by atoms with van der Waals surface area (Å²) in [5.41, 5.74) is 2.95. The number of nitrogens with one attached hydrogen (secondary N) is 1. The molecule has 0 amide bonds. The molecule has 0 aliphatic carbocycles. The number of aromatic nitrogens is 2. The Balaban J connectivity index is 1.74. The van der Waals surface area contributed by atoms with Crippen LogP contribution in [0.4, 0.5) is 5.69 Å².